The number of aliphatic hydroxyl groups is 1. The SMILES string of the molecule is O=CN1CCC[C@@H](O)C1. The summed E-state index contributed by atoms with van der Waals surface area (Å²) in [6.07, 6.45) is 2.27. The van der Waals surface area contributed by atoms with Crippen LogP contribution in [0.4, 0.5) is 0 Å². The Morgan fingerprint density at radius 3 is 2.89 bits per heavy atom. The minimum absolute atomic E-state index is 0.288. The number of rotatable bonds is 1. The Morgan fingerprint density at radius 1 is 1.67 bits per heavy atom. The van der Waals surface area contributed by atoms with Crippen LogP contribution in [-0.4, -0.2) is 35.6 Å². The number of carbonyl (C=O) groups is 1. The van der Waals surface area contributed by atoms with Gasteiger partial charge in [0.1, 0.15) is 0 Å². The lowest BCUT2D eigenvalue weighted by atomic mass is 10.1. The maximum absolute atomic E-state index is 10.1. The fourth-order valence-electron chi connectivity index (χ4n) is 1.08. The second kappa shape index (κ2) is 2.82. The van der Waals surface area contributed by atoms with Gasteiger partial charge in [-0.05, 0) is 12.8 Å². The van der Waals surface area contributed by atoms with Gasteiger partial charge in [-0.25, -0.2) is 0 Å². The van der Waals surface area contributed by atoms with Crippen LogP contribution < -0.4 is 0 Å². The maximum Gasteiger partial charge on any atom is 0.209 e. The third kappa shape index (κ3) is 1.68. The summed E-state index contributed by atoms with van der Waals surface area (Å²) in [6.45, 7) is 1.32. The number of hydrogen-bond donors (Lipinski definition) is 1. The average Bonchev–Trinajstić information content (AvgIpc) is 1.88. The van der Waals surface area contributed by atoms with Gasteiger partial charge in [0.2, 0.25) is 6.41 Å². The van der Waals surface area contributed by atoms with Gasteiger partial charge in [-0.1, -0.05) is 0 Å². The number of piperidine rings is 1. The molecule has 0 aromatic heterocycles. The fraction of sp³-hybridized carbons (Fsp3) is 0.833. The summed E-state index contributed by atoms with van der Waals surface area (Å²) < 4.78 is 0. The Morgan fingerprint density at radius 2 is 2.44 bits per heavy atom. The lowest BCUT2D eigenvalue weighted by Gasteiger charge is -2.26. The fourth-order valence-corrected chi connectivity index (χ4v) is 1.08. The highest BCUT2D eigenvalue weighted by Crippen LogP contribution is 2.06. The molecule has 0 saturated carbocycles. The van der Waals surface area contributed by atoms with Gasteiger partial charge in [0, 0.05) is 13.1 Å². The zero-order chi connectivity index (χ0) is 6.69. The zero-order valence-corrected chi connectivity index (χ0v) is 5.29. The molecule has 3 heteroatoms. The Labute approximate surface area is 54.3 Å². The Hall–Kier alpha value is -0.570. The molecule has 1 aliphatic heterocycles. The Balaban J connectivity index is 2.31. The quantitative estimate of drug-likeness (QED) is 0.489. The van der Waals surface area contributed by atoms with Gasteiger partial charge in [-0.2, -0.15) is 0 Å². The summed E-state index contributed by atoms with van der Waals surface area (Å²) in [5, 5.41) is 9.01. The normalized spacial score (nSPS) is 28.1. The van der Waals surface area contributed by atoms with E-state index in [2.05, 4.69) is 0 Å². The first kappa shape index (κ1) is 6.55. The van der Waals surface area contributed by atoms with E-state index in [0.717, 1.165) is 25.8 Å². The van der Waals surface area contributed by atoms with Crippen molar-refractivity contribution in [2.24, 2.45) is 0 Å². The van der Waals surface area contributed by atoms with Crippen molar-refractivity contribution in [3.8, 4) is 0 Å². The lowest BCUT2D eigenvalue weighted by molar-refractivity contribution is -0.120. The topological polar surface area (TPSA) is 40.5 Å². The van der Waals surface area contributed by atoms with E-state index in [1.165, 1.54) is 0 Å². The van der Waals surface area contributed by atoms with Crippen molar-refractivity contribution in [3.05, 3.63) is 0 Å². The highest BCUT2D eigenvalue weighted by Gasteiger charge is 2.14. The molecule has 1 N–H and O–H groups in total. The zero-order valence-electron chi connectivity index (χ0n) is 5.29. The first-order valence-electron chi connectivity index (χ1n) is 3.20. The number of likely N-dealkylation sites (tertiary alicyclic amines) is 1. The van der Waals surface area contributed by atoms with Crippen molar-refractivity contribution in [1.82, 2.24) is 4.90 Å². The first-order chi connectivity index (χ1) is 4.33. The van der Waals surface area contributed by atoms with Gasteiger partial charge in [0.25, 0.3) is 0 Å². The Bertz CT molecular complexity index is 105. The van der Waals surface area contributed by atoms with E-state index in [9.17, 15) is 4.79 Å². The van der Waals surface area contributed by atoms with E-state index in [1.807, 2.05) is 0 Å². The smallest absolute Gasteiger partial charge is 0.209 e. The third-order valence-electron chi connectivity index (χ3n) is 1.58. The van der Waals surface area contributed by atoms with E-state index < -0.39 is 0 Å². The molecule has 0 spiro atoms. The average molecular weight is 129 g/mol. The molecule has 0 bridgehead atoms. The van der Waals surface area contributed by atoms with E-state index in [0.29, 0.717) is 6.54 Å². The van der Waals surface area contributed by atoms with Gasteiger partial charge < -0.3 is 10.0 Å². The number of aliphatic hydroxyl groups excluding tert-OH is 1. The molecule has 3 nitrogen and oxygen atoms in total. The highest BCUT2D eigenvalue weighted by atomic mass is 16.3. The molecule has 52 valence electrons. The third-order valence-corrected chi connectivity index (χ3v) is 1.58. The van der Waals surface area contributed by atoms with E-state index in [1.54, 1.807) is 4.90 Å². The van der Waals surface area contributed by atoms with Crippen molar-refractivity contribution >= 4 is 6.41 Å². The molecule has 1 saturated heterocycles. The van der Waals surface area contributed by atoms with Crippen LogP contribution in [0, 0.1) is 0 Å². The summed E-state index contributed by atoms with van der Waals surface area (Å²) in [4.78, 5) is 11.7. The minimum atomic E-state index is -0.288. The number of hydrogen-bond acceptors (Lipinski definition) is 2. The van der Waals surface area contributed by atoms with Crippen molar-refractivity contribution in [2.75, 3.05) is 13.1 Å². The first-order valence-corrected chi connectivity index (χ1v) is 3.20. The molecule has 0 aromatic carbocycles. The van der Waals surface area contributed by atoms with Gasteiger partial charge in [0.15, 0.2) is 0 Å². The molecule has 9 heavy (non-hydrogen) atoms. The summed E-state index contributed by atoms with van der Waals surface area (Å²) in [6, 6.07) is 0. The van der Waals surface area contributed by atoms with Gasteiger partial charge >= 0.3 is 0 Å². The second-order valence-corrected chi connectivity index (χ2v) is 2.40. The van der Waals surface area contributed by atoms with Crippen LogP contribution in [0.25, 0.3) is 0 Å². The van der Waals surface area contributed by atoms with E-state index in [4.69, 9.17) is 5.11 Å². The van der Waals surface area contributed by atoms with Crippen LogP contribution in [0.2, 0.25) is 0 Å². The number of carbonyl (C=O) groups excluding carboxylic acids is 1. The molecule has 0 aliphatic carbocycles. The minimum Gasteiger partial charge on any atom is -0.391 e. The predicted molar refractivity (Wildman–Crippen MR) is 32.9 cm³/mol. The molecule has 1 amide bonds. The largest absolute Gasteiger partial charge is 0.391 e. The second-order valence-electron chi connectivity index (χ2n) is 2.40. The van der Waals surface area contributed by atoms with Crippen molar-refractivity contribution in [1.29, 1.82) is 0 Å². The van der Waals surface area contributed by atoms with Crippen molar-refractivity contribution in [2.45, 2.75) is 18.9 Å². The van der Waals surface area contributed by atoms with Crippen LogP contribution in [-0.2, 0) is 4.79 Å². The van der Waals surface area contributed by atoms with Crippen LogP contribution in [0.5, 0.6) is 0 Å². The molecule has 1 atom stereocenters. The molecule has 1 fully saturated rings. The van der Waals surface area contributed by atoms with E-state index in [-0.39, 0.29) is 6.10 Å². The standard InChI is InChI=1S/C6H11NO2/c8-5-7-3-1-2-6(9)4-7/h5-6,9H,1-4H2/t6-/m1/s1. The molecular formula is C6H11NO2. The van der Waals surface area contributed by atoms with Crippen LogP contribution in [0.1, 0.15) is 12.8 Å². The Kier molecular flexibility index (Phi) is 2.05. The summed E-state index contributed by atoms with van der Waals surface area (Å²) in [5.74, 6) is 0. The van der Waals surface area contributed by atoms with Gasteiger partial charge in [-0.3, -0.25) is 4.79 Å². The molecule has 1 aliphatic rings. The summed E-state index contributed by atoms with van der Waals surface area (Å²) >= 11 is 0. The molecule has 1 heterocycles. The van der Waals surface area contributed by atoms with Crippen LogP contribution in [0.15, 0.2) is 0 Å². The number of β-amino-alcohol motifs (C(OH)–C–C–N with tert-alkyl or cyclic N) is 1. The highest BCUT2D eigenvalue weighted by molar-refractivity contribution is 5.47. The maximum atomic E-state index is 10.1. The molecular weight excluding hydrogens is 118 g/mol. The van der Waals surface area contributed by atoms with E-state index >= 15 is 0 Å². The monoisotopic (exact) mass is 129 g/mol. The molecule has 0 radical (unpaired) electrons. The number of nitrogens with zero attached hydrogens (tertiary/aromatic N) is 1. The summed E-state index contributed by atoms with van der Waals surface area (Å²) in [5.41, 5.74) is 0. The summed E-state index contributed by atoms with van der Waals surface area (Å²) in [7, 11) is 0. The molecule has 1 rings (SSSR count). The van der Waals surface area contributed by atoms with Crippen LogP contribution >= 0.6 is 0 Å². The van der Waals surface area contributed by atoms with Crippen molar-refractivity contribution < 1.29 is 9.90 Å². The lowest BCUT2D eigenvalue weighted by Crippen LogP contribution is -2.36. The van der Waals surface area contributed by atoms with Crippen LogP contribution in [0.3, 0.4) is 0 Å². The van der Waals surface area contributed by atoms with Gasteiger partial charge in [-0.15, -0.1) is 0 Å². The molecule has 0 unspecified atom stereocenters. The van der Waals surface area contributed by atoms with Crippen molar-refractivity contribution in [3.63, 3.8) is 0 Å². The predicted octanol–water partition coefficient (Wildman–Crippen LogP) is -0.401. The van der Waals surface area contributed by atoms with Gasteiger partial charge in [0.05, 0.1) is 6.10 Å². The number of amides is 1. The molecule has 0 aromatic rings.